The lowest BCUT2D eigenvalue weighted by molar-refractivity contribution is -0.127. The molecule has 0 heterocycles. The van der Waals surface area contributed by atoms with Crippen LogP contribution in [0.5, 0.6) is 5.75 Å². The Labute approximate surface area is 175 Å². The molecule has 0 bridgehead atoms. The Bertz CT molecular complexity index is 810. The number of rotatable bonds is 8. The molecule has 2 aromatic carbocycles. The molecule has 1 aliphatic rings. The summed E-state index contributed by atoms with van der Waals surface area (Å²) in [7, 11) is 0. The number of hydrogen-bond donors (Lipinski definition) is 1. The van der Waals surface area contributed by atoms with E-state index in [0.717, 1.165) is 18.6 Å². The van der Waals surface area contributed by atoms with Gasteiger partial charge in [-0.1, -0.05) is 23.7 Å². The highest BCUT2D eigenvalue weighted by atomic mass is 35.5. The van der Waals surface area contributed by atoms with Crippen molar-refractivity contribution in [2.75, 3.05) is 12.3 Å². The fourth-order valence-corrected chi connectivity index (χ4v) is 4.47. The van der Waals surface area contributed by atoms with Gasteiger partial charge in [0.05, 0.1) is 0 Å². The third kappa shape index (κ3) is 5.65. The predicted octanol–water partition coefficient (Wildman–Crippen LogP) is 5.17. The van der Waals surface area contributed by atoms with E-state index in [2.05, 4.69) is 17.4 Å². The summed E-state index contributed by atoms with van der Waals surface area (Å²) >= 11 is 7.54. The fraction of sp³-hybridized carbons (Fsp3) is 0.409. The molecule has 2 aromatic rings. The van der Waals surface area contributed by atoms with Crippen LogP contribution in [-0.2, 0) is 23.4 Å². The first kappa shape index (κ1) is 21.0. The molecule has 3 rings (SSSR count). The highest BCUT2D eigenvalue weighted by molar-refractivity contribution is 7.98. The van der Waals surface area contributed by atoms with Crippen LogP contribution in [0.4, 0.5) is 4.39 Å². The summed E-state index contributed by atoms with van der Waals surface area (Å²) in [5.41, 5.74) is 3.23. The van der Waals surface area contributed by atoms with E-state index in [0.29, 0.717) is 28.6 Å². The summed E-state index contributed by atoms with van der Waals surface area (Å²) < 4.78 is 19.5. The average molecular weight is 422 g/mol. The second-order valence-electron chi connectivity index (χ2n) is 6.94. The summed E-state index contributed by atoms with van der Waals surface area (Å²) in [6, 6.07) is 10.8. The highest BCUT2D eigenvalue weighted by Gasteiger charge is 2.16. The first-order valence-corrected chi connectivity index (χ1v) is 11.1. The Morgan fingerprint density at radius 3 is 2.82 bits per heavy atom. The first-order chi connectivity index (χ1) is 13.5. The molecule has 0 radical (unpaired) electrons. The molecule has 1 aliphatic carbocycles. The van der Waals surface area contributed by atoms with E-state index in [4.69, 9.17) is 16.3 Å². The molecule has 1 atom stereocenters. The number of hydrogen-bond acceptors (Lipinski definition) is 3. The summed E-state index contributed by atoms with van der Waals surface area (Å²) in [6.07, 6.45) is 4.10. The van der Waals surface area contributed by atoms with Crippen LogP contribution >= 0.6 is 23.4 Å². The summed E-state index contributed by atoms with van der Waals surface area (Å²) in [5.74, 6) is 1.44. The van der Waals surface area contributed by atoms with Crippen molar-refractivity contribution in [3.8, 4) is 5.75 Å². The first-order valence-electron chi connectivity index (χ1n) is 9.61. The Morgan fingerprint density at radius 1 is 1.25 bits per heavy atom. The van der Waals surface area contributed by atoms with E-state index >= 15 is 0 Å². The summed E-state index contributed by atoms with van der Waals surface area (Å²) in [6.45, 7) is 2.24. The van der Waals surface area contributed by atoms with E-state index < -0.39 is 6.10 Å². The number of carbonyl (C=O) groups excluding carboxylic acids is 1. The monoisotopic (exact) mass is 421 g/mol. The van der Waals surface area contributed by atoms with Crippen LogP contribution in [0.25, 0.3) is 0 Å². The van der Waals surface area contributed by atoms with Crippen LogP contribution in [0.15, 0.2) is 36.4 Å². The maximum absolute atomic E-state index is 13.7. The van der Waals surface area contributed by atoms with Crippen LogP contribution in [-0.4, -0.2) is 24.3 Å². The van der Waals surface area contributed by atoms with Crippen molar-refractivity contribution in [3.63, 3.8) is 0 Å². The van der Waals surface area contributed by atoms with Crippen molar-refractivity contribution in [3.05, 3.63) is 63.9 Å². The summed E-state index contributed by atoms with van der Waals surface area (Å²) in [5, 5.41) is 3.30. The van der Waals surface area contributed by atoms with E-state index in [1.54, 1.807) is 19.1 Å². The van der Waals surface area contributed by atoms with E-state index in [-0.39, 0.29) is 11.7 Å². The molecule has 1 amide bonds. The number of amides is 1. The second kappa shape index (κ2) is 10.2. The number of benzene rings is 2. The molecule has 0 saturated heterocycles. The number of carbonyl (C=O) groups is 1. The molecule has 3 nitrogen and oxygen atoms in total. The van der Waals surface area contributed by atoms with Crippen LogP contribution in [0.2, 0.25) is 5.02 Å². The molecule has 6 heteroatoms. The van der Waals surface area contributed by atoms with Crippen LogP contribution in [0.1, 0.15) is 36.5 Å². The van der Waals surface area contributed by atoms with Crippen molar-refractivity contribution in [2.45, 2.75) is 44.5 Å². The van der Waals surface area contributed by atoms with Crippen LogP contribution in [0, 0.1) is 5.82 Å². The van der Waals surface area contributed by atoms with Crippen LogP contribution in [0.3, 0.4) is 0 Å². The Kier molecular flexibility index (Phi) is 7.63. The Balaban J connectivity index is 1.40. The van der Waals surface area contributed by atoms with Gasteiger partial charge in [-0.25, -0.2) is 4.39 Å². The van der Waals surface area contributed by atoms with E-state index in [9.17, 15) is 9.18 Å². The van der Waals surface area contributed by atoms with E-state index in [1.807, 2.05) is 6.07 Å². The molecule has 0 unspecified atom stereocenters. The molecular weight excluding hydrogens is 397 g/mol. The van der Waals surface area contributed by atoms with Crippen molar-refractivity contribution in [2.24, 2.45) is 0 Å². The summed E-state index contributed by atoms with van der Waals surface area (Å²) in [4.78, 5) is 12.3. The SMILES string of the molecule is C[C@@H](Oc1ccc2c(c1)CCCC2)C(=O)NCCSCc1c(F)cccc1Cl. The van der Waals surface area contributed by atoms with Gasteiger partial charge in [0.1, 0.15) is 11.6 Å². The fourth-order valence-electron chi connectivity index (χ4n) is 3.28. The zero-order valence-corrected chi connectivity index (χ0v) is 17.5. The minimum atomic E-state index is -0.562. The van der Waals surface area contributed by atoms with Gasteiger partial charge in [0.2, 0.25) is 0 Å². The third-order valence-electron chi connectivity index (χ3n) is 4.86. The number of fused-ring (bicyclic) bond motifs is 1. The van der Waals surface area contributed by atoms with Gasteiger partial charge in [-0.05, 0) is 68.0 Å². The predicted molar refractivity (Wildman–Crippen MR) is 114 cm³/mol. The molecule has 0 saturated carbocycles. The maximum Gasteiger partial charge on any atom is 0.260 e. The normalized spacial score (nSPS) is 14.2. The van der Waals surface area contributed by atoms with Gasteiger partial charge < -0.3 is 10.1 Å². The zero-order chi connectivity index (χ0) is 19.9. The van der Waals surface area contributed by atoms with Crippen molar-refractivity contribution in [1.29, 1.82) is 0 Å². The minimum Gasteiger partial charge on any atom is -0.481 e. The number of thioether (sulfide) groups is 1. The van der Waals surface area contributed by atoms with Gasteiger partial charge >= 0.3 is 0 Å². The van der Waals surface area contributed by atoms with Crippen molar-refractivity contribution >= 4 is 29.3 Å². The molecule has 1 N–H and O–H groups in total. The second-order valence-corrected chi connectivity index (χ2v) is 8.45. The van der Waals surface area contributed by atoms with Gasteiger partial charge in [-0.15, -0.1) is 0 Å². The highest BCUT2D eigenvalue weighted by Crippen LogP contribution is 2.26. The molecule has 0 fully saturated rings. The minimum absolute atomic E-state index is 0.151. The number of aryl methyl sites for hydroxylation is 2. The number of ether oxygens (including phenoxy) is 1. The van der Waals surface area contributed by atoms with E-state index in [1.165, 1.54) is 41.8 Å². The average Bonchev–Trinajstić information content (AvgIpc) is 2.69. The molecule has 0 aromatic heterocycles. The van der Waals surface area contributed by atoms with Gasteiger partial charge in [0, 0.05) is 28.6 Å². The zero-order valence-electron chi connectivity index (χ0n) is 16.0. The van der Waals surface area contributed by atoms with Crippen molar-refractivity contribution < 1.29 is 13.9 Å². The smallest absolute Gasteiger partial charge is 0.260 e. The topological polar surface area (TPSA) is 38.3 Å². The third-order valence-corrected chi connectivity index (χ3v) is 6.20. The lowest BCUT2D eigenvalue weighted by Gasteiger charge is -2.19. The van der Waals surface area contributed by atoms with Crippen LogP contribution < -0.4 is 10.1 Å². The molecule has 0 aliphatic heterocycles. The standard InChI is InChI=1S/C22H25ClFNO2S/c1-15(27-18-10-9-16-5-2-3-6-17(16)13-18)22(26)25-11-12-28-14-19-20(23)7-4-8-21(19)24/h4,7-10,13,15H,2-3,5-6,11-12,14H2,1H3,(H,25,26)/t15-/m1/s1. The Hall–Kier alpha value is -1.72. The van der Waals surface area contributed by atoms with Gasteiger partial charge in [-0.2, -0.15) is 11.8 Å². The Morgan fingerprint density at radius 2 is 2.04 bits per heavy atom. The molecular formula is C22H25ClFNO2S. The number of nitrogens with one attached hydrogen (secondary N) is 1. The number of halogens is 2. The lowest BCUT2D eigenvalue weighted by Crippen LogP contribution is -2.37. The van der Waals surface area contributed by atoms with Gasteiger partial charge in [0.15, 0.2) is 6.10 Å². The molecule has 150 valence electrons. The van der Waals surface area contributed by atoms with Gasteiger partial charge in [0.25, 0.3) is 5.91 Å². The molecule has 0 spiro atoms. The largest absolute Gasteiger partial charge is 0.481 e. The quantitative estimate of drug-likeness (QED) is 0.597. The maximum atomic E-state index is 13.7. The lowest BCUT2D eigenvalue weighted by atomic mass is 9.92. The van der Waals surface area contributed by atoms with Gasteiger partial charge in [-0.3, -0.25) is 4.79 Å². The van der Waals surface area contributed by atoms with Crippen molar-refractivity contribution in [1.82, 2.24) is 5.32 Å². The molecule has 28 heavy (non-hydrogen) atoms.